The van der Waals surface area contributed by atoms with Gasteiger partial charge in [-0.2, -0.15) is 0 Å². The average molecular weight is 322 g/mol. The summed E-state index contributed by atoms with van der Waals surface area (Å²) in [4.78, 5) is 13.8. The summed E-state index contributed by atoms with van der Waals surface area (Å²) in [7, 11) is 0. The second-order valence-corrected chi connectivity index (χ2v) is 6.24. The Morgan fingerprint density at radius 1 is 1.44 bits per heavy atom. The number of hydrogen-bond donors (Lipinski definition) is 1. The van der Waals surface area contributed by atoms with E-state index in [1.54, 1.807) is 4.90 Å². The Hall–Kier alpha value is -0.170. The van der Waals surface area contributed by atoms with Crippen LogP contribution in [0.25, 0.3) is 0 Å². The van der Waals surface area contributed by atoms with Gasteiger partial charge in [0.25, 0.3) is 0 Å². The Morgan fingerprint density at radius 2 is 2.06 bits per heavy atom. The zero-order valence-corrected chi connectivity index (χ0v) is 12.4. The zero-order chi connectivity index (χ0) is 13.4. The lowest BCUT2D eigenvalue weighted by atomic mass is 9.99. The van der Waals surface area contributed by atoms with Crippen molar-refractivity contribution in [3.8, 4) is 0 Å². The largest absolute Gasteiger partial charge is 0.394 e. The number of amides is 1. The number of hydrogen-bond acceptors (Lipinski definition) is 4. The van der Waals surface area contributed by atoms with E-state index in [0.29, 0.717) is 32.1 Å². The van der Waals surface area contributed by atoms with E-state index in [9.17, 15) is 9.90 Å². The lowest BCUT2D eigenvalue weighted by Crippen LogP contribution is -2.63. The SMILES string of the molecule is CC1(C)OCC(CO)(N2CC(CBr)CC2=O)CO1. The van der Waals surface area contributed by atoms with Gasteiger partial charge < -0.3 is 19.5 Å². The molecule has 2 heterocycles. The summed E-state index contributed by atoms with van der Waals surface area (Å²) in [5.74, 6) is -0.271. The minimum atomic E-state index is -0.719. The smallest absolute Gasteiger partial charge is 0.223 e. The highest BCUT2D eigenvalue weighted by Gasteiger charge is 2.48. The van der Waals surface area contributed by atoms with Crippen molar-refractivity contribution in [1.29, 1.82) is 0 Å². The van der Waals surface area contributed by atoms with Crippen LogP contribution in [0.1, 0.15) is 20.3 Å². The molecule has 5 nitrogen and oxygen atoms in total. The topological polar surface area (TPSA) is 59.0 Å². The van der Waals surface area contributed by atoms with E-state index < -0.39 is 11.3 Å². The number of nitrogens with zero attached hydrogens (tertiary/aromatic N) is 1. The van der Waals surface area contributed by atoms with Crippen molar-refractivity contribution >= 4 is 21.8 Å². The number of carbonyl (C=O) groups is 1. The van der Waals surface area contributed by atoms with Crippen LogP contribution in [0.2, 0.25) is 0 Å². The van der Waals surface area contributed by atoms with E-state index in [4.69, 9.17) is 9.47 Å². The fourth-order valence-corrected chi connectivity index (χ4v) is 2.81. The van der Waals surface area contributed by atoms with Crippen LogP contribution in [0.15, 0.2) is 0 Å². The van der Waals surface area contributed by atoms with Crippen molar-refractivity contribution in [3.05, 3.63) is 0 Å². The standard InChI is InChI=1S/C12H20BrNO4/c1-11(2)17-7-12(6-15,8-18-11)14-5-9(4-13)3-10(14)16/h9,15H,3-8H2,1-2H3. The molecule has 1 unspecified atom stereocenters. The molecule has 0 spiro atoms. The molecule has 0 aromatic rings. The molecule has 0 aliphatic carbocycles. The van der Waals surface area contributed by atoms with Gasteiger partial charge in [0.2, 0.25) is 5.91 Å². The third-order valence-electron chi connectivity index (χ3n) is 3.67. The van der Waals surface area contributed by atoms with Crippen LogP contribution in [0.3, 0.4) is 0 Å². The predicted octanol–water partition coefficient (Wildman–Crippen LogP) is 0.744. The summed E-state index contributed by atoms with van der Waals surface area (Å²) in [5.41, 5.74) is -0.719. The van der Waals surface area contributed by atoms with Gasteiger partial charge in [-0.3, -0.25) is 4.79 Å². The van der Waals surface area contributed by atoms with Crippen molar-refractivity contribution in [2.24, 2.45) is 5.92 Å². The van der Waals surface area contributed by atoms with Gasteiger partial charge in [0.15, 0.2) is 5.79 Å². The molecule has 1 atom stereocenters. The molecule has 2 aliphatic rings. The molecular formula is C12H20BrNO4. The van der Waals surface area contributed by atoms with E-state index in [1.165, 1.54) is 0 Å². The van der Waals surface area contributed by atoms with Gasteiger partial charge in [0.05, 0.1) is 19.8 Å². The highest BCUT2D eigenvalue weighted by atomic mass is 79.9. The molecule has 0 saturated carbocycles. The van der Waals surface area contributed by atoms with Gasteiger partial charge >= 0.3 is 0 Å². The summed E-state index contributed by atoms with van der Waals surface area (Å²) in [5, 5.41) is 10.5. The molecule has 1 amide bonds. The van der Waals surface area contributed by atoms with Crippen LogP contribution in [-0.2, 0) is 14.3 Å². The van der Waals surface area contributed by atoms with Crippen LogP contribution >= 0.6 is 15.9 Å². The molecule has 104 valence electrons. The number of rotatable bonds is 3. The predicted molar refractivity (Wildman–Crippen MR) is 69.4 cm³/mol. The lowest BCUT2D eigenvalue weighted by Gasteiger charge is -2.47. The van der Waals surface area contributed by atoms with Gasteiger partial charge in [-0.15, -0.1) is 0 Å². The summed E-state index contributed by atoms with van der Waals surface area (Å²) in [6.07, 6.45) is 0.524. The first kappa shape index (κ1) is 14.2. The second-order valence-electron chi connectivity index (χ2n) is 5.59. The number of alkyl halides is 1. The maximum Gasteiger partial charge on any atom is 0.223 e. The Bertz CT molecular complexity index is 324. The molecule has 2 saturated heterocycles. The van der Waals surface area contributed by atoms with Crippen molar-refractivity contribution < 1.29 is 19.4 Å². The first-order chi connectivity index (χ1) is 8.42. The Kier molecular flexibility index (Phi) is 4.02. The quantitative estimate of drug-likeness (QED) is 0.779. The third-order valence-corrected chi connectivity index (χ3v) is 4.58. The van der Waals surface area contributed by atoms with Crippen molar-refractivity contribution in [1.82, 2.24) is 4.90 Å². The highest BCUT2D eigenvalue weighted by molar-refractivity contribution is 9.09. The number of carbonyl (C=O) groups excluding carboxylic acids is 1. The summed E-state index contributed by atoms with van der Waals surface area (Å²) >= 11 is 3.41. The minimum Gasteiger partial charge on any atom is -0.394 e. The summed E-state index contributed by atoms with van der Waals surface area (Å²) in [6.45, 7) is 4.82. The highest BCUT2D eigenvalue weighted by Crippen LogP contribution is 2.33. The Morgan fingerprint density at radius 3 is 2.50 bits per heavy atom. The lowest BCUT2D eigenvalue weighted by molar-refractivity contribution is -0.288. The molecule has 0 radical (unpaired) electrons. The second kappa shape index (κ2) is 5.07. The molecule has 2 aliphatic heterocycles. The van der Waals surface area contributed by atoms with E-state index in [-0.39, 0.29) is 12.5 Å². The molecule has 1 N–H and O–H groups in total. The maximum absolute atomic E-state index is 12.1. The number of aliphatic hydroxyl groups excluding tert-OH is 1. The van der Waals surface area contributed by atoms with Crippen LogP contribution < -0.4 is 0 Å². The van der Waals surface area contributed by atoms with Crippen LogP contribution in [-0.4, -0.2) is 58.9 Å². The van der Waals surface area contributed by atoms with Crippen LogP contribution in [0.4, 0.5) is 0 Å². The van der Waals surface area contributed by atoms with E-state index in [2.05, 4.69) is 15.9 Å². The molecular weight excluding hydrogens is 302 g/mol. The maximum atomic E-state index is 12.1. The molecule has 0 aromatic heterocycles. The van der Waals surface area contributed by atoms with E-state index in [1.807, 2.05) is 13.8 Å². The van der Waals surface area contributed by atoms with Gasteiger partial charge in [0.1, 0.15) is 5.54 Å². The summed E-state index contributed by atoms with van der Waals surface area (Å²) in [6, 6.07) is 0. The van der Waals surface area contributed by atoms with Crippen molar-refractivity contribution in [2.75, 3.05) is 31.7 Å². The van der Waals surface area contributed by atoms with Gasteiger partial charge in [-0.1, -0.05) is 15.9 Å². The fraction of sp³-hybridized carbons (Fsp3) is 0.917. The van der Waals surface area contributed by atoms with Crippen molar-refractivity contribution in [2.45, 2.75) is 31.6 Å². The molecule has 2 rings (SSSR count). The molecule has 18 heavy (non-hydrogen) atoms. The van der Waals surface area contributed by atoms with Crippen LogP contribution in [0, 0.1) is 5.92 Å². The monoisotopic (exact) mass is 321 g/mol. The number of aliphatic hydroxyl groups is 1. The summed E-state index contributed by atoms with van der Waals surface area (Å²) < 4.78 is 11.2. The zero-order valence-electron chi connectivity index (χ0n) is 10.8. The molecule has 2 fully saturated rings. The van der Waals surface area contributed by atoms with Crippen LogP contribution in [0.5, 0.6) is 0 Å². The molecule has 6 heteroatoms. The first-order valence-corrected chi connectivity index (χ1v) is 7.30. The Balaban J connectivity index is 2.12. The third kappa shape index (κ3) is 2.57. The van der Waals surface area contributed by atoms with Gasteiger partial charge in [0, 0.05) is 18.3 Å². The minimum absolute atomic E-state index is 0.0698. The average Bonchev–Trinajstić information content (AvgIpc) is 2.72. The number of ether oxygens (including phenoxy) is 2. The van der Waals surface area contributed by atoms with Gasteiger partial charge in [-0.25, -0.2) is 0 Å². The van der Waals surface area contributed by atoms with Crippen molar-refractivity contribution in [3.63, 3.8) is 0 Å². The number of likely N-dealkylation sites (tertiary alicyclic amines) is 1. The first-order valence-electron chi connectivity index (χ1n) is 6.18. The van der Waals surface area contributed by atoms with Gasteiger partial charge in [-0.05, 0) is 19.8 Å². The fourth-order valence-electron chi connectivity index (χ4n) is 2.38. The van der Waals surface area contributed by atoms with E-state index in [0.717, 1.165) is 5.33 Å². The molecule has 0 bridgehead atoms. The van der Waals surface area contributed by atoms with E-state index >= 15 is 0 Å². The normalized spacial score (nSPS) is 30.8. The Labute approximate surface area is 116 Å². The number of halogens is 1. The molecule has 0 aromatic carbocycles.